The number of hydrogen-bond donors (Lipinski definition) is 2. The molecule has 0 radical (unpaired) electrons. The van der Waals surface area contributed by atoms with Crippen molar-refractivity contribution < 1.29 is 19.0 Å². The van der Waals surface area contributed by atoms with E-state index in [1.54, 1.807) is 36.4 Å². The summed E-state index contributed by atoms with van der Waals surface area (Å²) in [5.74, 6) is 1.19. The van der Waals surface area contributed by atoms with Crippen molar-refractivity contribution in [3.63, 3.8) is 0 Å². The second kappa shape index (κ2) is 9.22. The lowest BCUT2D eigenvalue weighted by Crippen LogP contribution is -2.17. The van der Waals surface area contributed by atoms with E-state index in [0.29, 0.717) is 36.8 Å². The summed E-state index contributed by atoms with van der Waals surface area (Å²) in [5.41, 5.74) is 6.64. The zero-order valence-corrected chi connectivity index (χ0v) is 14.6. The molecule has 1 amide bonds. The fraction of sp³-hybridized carbons (Fsp3) is 0.350. The Hall–Kier alpha value is -2.57. The van der Waals surface area contributed by atoms with Gasteiger partial charge in [0, 0.05) is 24.4 Å². The van der Waals surface area contributed by atoms with E-state index >= 15 is 0 Å². The molecular formula is C20H24N2O4. The zero-order chi connectivity index (χ0) is 18.2. The number of carbonyl (C=O) groups excluding carboxylic acids is 1. The third kappa shape index (κ3) is 5.21. The molecule has 1 fully saturated rings. The van der Waals surface area contributed by atoms with Crippen LogP contribution in [0.1, 0.15) is 23.2 Å². The Balaban J connectivity index is 1.56. The van der Waals surface area contributed by atoms with Gasteiger partial charge in [0.05, 0.1) is 6.10 Å². The molecule has 0 aliphatic carbocycles. The topological polar surface area (TPSA) is 82.8 Å². The number of carbonyl (C=O) groups is 1. The fourth-order valence-electron chi connectivity index (χ4n) is 2.71. The van der Waals surface area contributed by atoms with E-state index in [-0.39, 0.29) is 12.0 Å². The van der Waals surface area contributed by atoms with Crippen molar-refractivity contribution in [2.45, 2.75) is 18.9 Å². The Morgan fingerprint density at radius 2 is 2.00 bits per heavy atom. The molecule has 2 aromatic rings. The molecule has 0 spiro atoms. The standard InChI is InChI=1S/C20H24N2O4/c21-10-12-25-17-8-6-16(7-9-17)22-20(23)15-3-1-4-18(13-15)26-14-19-5-2-11-24-19/h1,3-4,6-9,13,19H,2,5,10-12,14,21H2,(H,22,23). The van der Waals surface area contributed by atoms with E-state index in [9.17, 15) is 4.79 Å². The van der Waals surface area contributed by atoms with E-state index in [4.69, 9.17) is 19.9 Å². The van der Waals surface area contributed by atoms with Crippen LogP contribution in [0.25, 0.3) is 0 Å². The van der Waals surface area contributed by atoms with Crippen LogP contribution in [0, 0.1) is 0 Å². The van der Waals surface area contributed by atoms with Crippen LogP contribution >= 0.6 is 0 Å². The summed E-state index contributed by atoms with van der Waals surface area (Å²) in [7, 11) is 0. The molecule has 6 nitrogen and oxygen atoms in total. The van der Waals surface area contributed by atoms with Gasteiger partial charge in [-0.2, -0.15) is 0 Å². The van der Waals surface area contributed by atoms with Gasteiger partial charge < -0.3 is 25.3 Å². The number of ether oxygens (including phenoxy) is 3. The van der Waals surface area contributed by atoms with E-state index < -0.39 is 0 Å². The van der Waals surface area contributed by atoms with Crippen LogP contribution in [0.15, 0.2) is 48.5 Å². The lowest BCUT2D eigenvalue weighted by molar-refractivity contribution is 0.0679. The first-order valence-corrected chi connectivity index (χ1v) is 8.83. The monoisotopic (exact) mass is 356 g/mol. The van der Waals surface area contributed by atoms with Gasteiger partial charge in [0.15, 0.2) is 0 Å². The first kappa shape index (κ1) is 18.2. The highest BCUT2D eigenvalue weighted by Crippen LogP contribution is 2.19. The summed E-state index contributed by atoms with van der Waals surface area (Å²) in [6.45, 7) is 2.23. The van der Waals surface area contributed by atoms with Gasteiger partial charge >= 0.3 is 0 Å². The summed E-state index contributed by atoms with van der Waals surface area (Å²) in [4.78, 5) is 12.4. The third-order valence-electron chi connectivity index (χ3n) is 4.05. The maximum atomic E-state index is 12.4. The highest BCUT2D eigenvalue weighted by molar-refractivity contribution is 6.04. The maximum Gasteiger partial charge on any atom is 0.255 e. The van der Waals surface area contributed by atoms with Crippen molar-refractivity contribution in [3.05, 3.63) is 54.1 Å². The average Bonchev–Trinajstić information content (AvgIpc) is 3.20. The number of benzene rings is 2. The Kier molecular flexibility index (Phi) is 6.46. The number of rotatable bonds is 8. The Bertz CT molecular complexity index is 712. The molecule has 1 unspecified atom stereocenters. The Labute approximate surface area is 153 Å². The second-order valence-electron chi connectivity index (χ2n) is 6.09. The van der Waals surface area contributed by atoms with E-state index in [1.807, 2.05) is 12.1 Å². The number of nitrogens with one attached hydrogen (secondary N) is 1. The van der Waals surface area contributed by atoms with Crippen LogP contribution in [0.5, 0.6) is 11.5 Å². The van der Waals surface area contributed by atoms with Gasteiger partial charge in [-0.15, -0.1) is 0 Å². The number of hydrogen-bond acceptors (Lipinski definition) is 5. The van der Waals surface area contributed by atoms with Crippen molar-refractivity contribution in [2.75, 3.05) is 31.7 Å². The summed E-state index contributed by atoms with van der Waals surface area (Å²) in [5, 5.41) is 2.87. The summed E-state index contributed by atoms with van der Waals surface area (Å²) in [6, 6.07) is 14.3. The lowest BCUT2D eigenvalue weighted by Gasteiger charge is -2.12. The van der Waals surface area contributed by atoms with Gasteiger partial charge in [-0.05, 0) is 55.3 Å². The molecule has 1 aliphatic heterocycles. The van der Waals surface area contributed by atoms with Crippen LogP contribution in [0.3, 0.4) is 0 Å². The minimum absolute atomic E-state index is 0.146. The van der Waals surface area contributed by atoms with Crippen molar-refractivity contribution in [1.29, 1.82) is 0 Å². The first-order chi connectivity index (χ1) is 12.7. The van der Waals surface area contributed by atoms with Crippen LogP contribution in [-0.2, 0) is 4.74 Å². The number of amides is 1. The predicted octanol–water partition coefficient (Wildman–Crippen LogP) is 2.83. The molecule has 2 aromatic carbocycles. The summed E-state index contributed by atoms with van der Waals surface area (Å²) in [6.07, 6.45) is 2.24. The van der Waals surface area contributed by atoms with Crippen molar-refractivity contribution in [3.8, 4) is 11.5 Å². The van der Waals surface area contributed by atoms with Crippen molar-refractivity contribution in [2.24, 2.45) is 5.73 Å². The zero-order valence-electron chi connectivity index (χ0n) is 14.6. The van der Waals surface area contributed by atoms with Crippen molar-refractivity contribution >= 4 is 11.6 Å². The van der Waals surface area contributed by atoms with Gasteiger partial charge in [-0.3, -0.25) is 4.79 Å². The molecule has 3 N–H and O–H groups in total. The Morgan fingerprint density at radius 3 is 2.73 bits per heavy atom. The highest BCUT2D eigenvalue weighted by Gasteiger charge is 2.16. The van der Waals surface area contributed by atoms with Crippen LogP contribution < -0.4 is 20.5 Å². The molecule has 138 valence electrons. The molecule has 0 aromatic heterocycles. The molecule has 1 heterocycles. The van der Waals surface area contributed by atoms with E-state index in [1.165, 1.54) is 0 Å². The van der Waals surface area contributed by atoms with E-state index in [2.05, 4.69) is 5.32 Å². The quantitative estimate of drug-likeness (QED) is 0.760. The fourth-order valence-corrected chi connectivity index (χ4v) is 2.71. The minimum Gasteiger partial charge on any atom is -0.492 e. The maximum absolute atomic E-state index is 12.4. The number of anilines is 1. The molecule has 1 saturated heterocycles. The first-order valence-electron chi connectivity index (χ1n) is 8.83. The molecule has 0 bridgehead atoms. The Morgan fingerprint density at radius 1 is 1.15 bits per heavy atom. The SMILES string of the molecule is NCCOc1ccc(NC(=O)c2cccc(OCC3CCCO3)c2)cc1. The number of nitrogens with two attached hydrogens (primary N) is 1. The molecular weight excluding hydrogens is 332 g/mol. The van der Waals surface area contributed by atoms with Gasteiger partial charge in [-0.25, -0.2) is 0 Å². The van der Waals surface area contributed by atoms with Gasteiger partial charge in [-0.1, -0.05) is 6.07 Å². The van der Waals surface area contributed by atoms with Crippen LogP contribution in [0.4, 0.5) is 5.69 Å². The van der Waals surface area contributed by atoms with Gasteiger partial charge in [0.2, 0.25) is 0 Å². The van der Waals surface area contributed by atoms with Crippen LogP contribution in [-0.4, -0.2) is 38.4 Å². The molecule has 1 aliphatic rings. The molecule has 0 saturated carbocycles. The minimum atomic E-state index is -0.191. The van der Waals surface area contributed by atoms with Crippen molar-refractivity contribution in [1.82, 2.24) is 0 Å². The second-order valence-corrected chi connectivity index (χ2v) is 6.09. The molecule has 6 heteroatoms. The van der Waals surface area contributed by atoms with E-state index in [0.717, 1.165) is 25.2 Å². The molecule has 3 rings (SSSR count). The summed E-state index contributed by atoms with van der Waals surface area (Å²) < 4.78 is 16.7. The lowest BCUT2D eigenvalue weighted by atomic mass is 10.2. The highest BCUT2D eigenvalue weighted by atomic mass is 16.5. The third-order valence-corrected chi connectivity index (χ3v) is 4.05. The molecule has 1 atom stereocenters. The predicted molar refractivity (Wildman–Crippen MR) is 99.9 cm³/mol. The van der Waals surface area contributed by atoms with Gasteiger partial charge in [0.1, 0.15) is 24.7 Å². The summed E-state index contributed by atoms with van der Waals surface area (Å²) >= 11 is 0. The van der Waals surface area contributed by atoms with Crippen LogP contribution in [0.2, 0.25) is 0 Å². The normalized spacial score (nSPS) is 16.3. The molecule has 26 heavy (non-hydrogen) atoms. The average molecular weight is 356 g/mol. The van der Waals surface area contributed by atoms with Gasteiger partial charge in [0.25, 0.3) is 5.91 Å². The smallest absolute Gasteiger partial charge is 0.255 e. The largest absolute Gasteiger partial charge is 0.492 e.